The van der Waals surface area contributed by atoms with Crippen LogP contribution in [0, 0.1) is 5.92 Å². The summed E-state index contributed by atoms with van der Waals surface area (Å²) in [5.41, 5.74) is 1.78. The van der Waals surface area contributed by atoms with Gasteiger partial charge in [0.05, 0.1) is 12.5 Å². The lowest BCUT2D eigenvalue weighted by atomic mass is 10.0. The molecule has 2 amide bonds. The van der Waals surface area contributed by atoms with Gasteiger partial charge in [0.1, 0.15) is 0 Å². The van der Waals surface area contributed by atoms with E-state index in [0.717, 1.165) is 30.5 Å². The number of nitrogens with one attached hydrogen (secondary N) is 1. The van der Waals surface area contributed by atoms with Crippen molar-refractivity contribution in [3.8, 4) is 0 Å². The molecule has 1 fully saturated rings. The molecule has 3 rings (SSSR count). The maximum Gasteiger partial charge on any atom is 0.322 e. The van der Waals surface area contributed by atoms with Gasteiger partial charge in [-0.15, -0.1) is 0 Å². The molecule has 1 aliphatic rings. The first kappa shape index (κ1) is 19.0. The van der Waals surface area contributed by atoms with E-state index in [2.05, 4.69) is 5.32 Å². The van der Waals surface area contributed by atoms with E-state index < -0.39 is 0 Å². The molecule has 0 heterocycles. The van der Waals surface area contributed by atoms with Crippen LogP contribution in [0.4, 0.5) is 10.5 Å². The quantitative estimate of drug-likeness (QED) is 0.768. The molecule has 0 aromatic heterocycles. The second-order valence-corrected chi connectivity index (χ2v) is 6.77. The molecule has 0 saturated heterocycles. The smallest absolute Gasteiger partial charge is 0.322 e. The summed E-state index contributed by atoms with van der Waals surface area (Å²) in [6.07, 6.45) is 2.48. The average Bonchev–Trinajstić information content (AvgIpc) is 3.17. The molecular weight excluding hydrogens is 340 g/mol. The highest BCUT2D eigenvalue weighted by Crippen LogP contribution is 2.32. The topological polar surface area (TPSA) is 58.6 Å². The van der Waals surface area contributed by atoms with E-state index in [1.807, 2.05) is 67.6 Å². The van der Waals surface area contributed by atoms with Crippen LogP contribution in [-0.4, -0.2) is 29.5 Å². The molecule has 0 spiro atoms. The lowest BCUT2D eigenvalue weighted by molar-refractivity contribution is -0.149. The van der Waals surface area contributed by atoms with Gasteiger partial charge in [-0.1, -0.05) is 55.0 Å². The van der Waals surface area contributed by atoms with Gasteiger partial charge in [-0.2, -0.15) is 0 Å². The molecule has 2 atom stereocenters. The number of esters is 1. The van der Waals surface area contributed by atoms with Crippen LogP contribution in [0.2, 0.25) is 0 Å². The van der Waals surface area contributed by atoms with Crippen LogP contribution in [0.15, 0.2) is 60.7 Å². The van der Waals surface area contributed by atoms with Gasteiger partial charge in [0.25, 0.3) is 0 Å². The number of ether oxygens (including phenoxy) is 1. The van der Waals surface area contributed by atoms with Gasteiger partial charge in [-0.25, -0.2) is 4.79 Å². The number of rotatable bonds is 6. The Bertz CT molecular complexity index is 749. The van der Waals surface area contributed by atoms with E-state index in [1.165, 1.54) is 0 Å². The fourth-order valence-corrected chi connectivity index (χ4v) is 3.67. The van der Waals surface area contributed by atoms with Gasteiger partial charge in [0.15, 0.2) is 0 Å². The van der Waals surface area contributed by atoms with Crippen molar-refractivity contribution in [3.63, 3.8) is 0 Å². The Morgan fingerprint density at radius 2 is 1.70 bits per heavy atom. The zero-order chi connectivity index (χ0) is 19.1. The van der Waals surface area contributed by atoms with Crippen molar-refractivity contribution in [2.24, 2.45) is 5.92 Å². The zero-order valence-electron chi connectivity index (χ0n) is 15.6. The lowest BCUT2D eigenvalue weighted by Gasteiger charge is -2.32. The fraction of sp³-hybridized carbons (Fsp3) is 0.364. The molecule has 0 aliphatic heterocycles. The highest BCUT2D eigenvalue weighted by Gasteiger charge is 2.39. The van der Waals surface area contributed by atoms with Gasteiger partial charge in [-0.05, 0) is 37.5 Å². The van der Waals surface area contributed by atoms with Gasteiger partial charge >= 0.3 is 12.0 Å². The number of hydrogen-bond donors (Lipinski definition) is 1. The van der Waals surface area contributed by atoms with Crippen molar-refractivity contribution in [2.75, 3.05) is 11.9 Å². The molecule has 0 unspecified atom stereocenters. The number of anilines is 1. The predicted octanol–water partition coefficient (Wildman–Crippen LogP) is 4.45. The van der Waals surface area contributed by atoms with Gasteiger partial charge in [0, 0.05) is 18.3 Å². The number of amides is 2. The van der Waals surface area contributed by atoms with E-state index in [4.69, 9.17) is 4.74 Å². The van der Waals surface area contributed by atoms with Crippen molar-refractivity contribution in [1.29, 1.82) is 0 Å². The summed E-state index contributed by atoms with van der Waals surface area (Å²) < 4.78 is 5.26. The maximum atomic E-state index is 13.1. The molecule has 2 aromatic rings. The third-order valence-corrected chi connectivity index (χ3v) is 4.95. The van der Waals surface area contributed by atoms with Crippen molar-refractivity contribution in [2.45, 2.75) is 38.8 Å². The van der Waals surface area contributed by atoms with Crippen LogP contribution in [-0.2, 0) is 16.1 Å². The van der Waals surface area contributed by atoms with Crippen molar-refractivity contribution in [3.05, 3.63) is 66.2 Å². The molecule has 27 heavy (non-hydrogen) atoms. The Morgan fingerprint density at radius 1 is 1.04 bits per heavy atom. The van der Waals surface area contributed by atoms with E-state index >= 15 is 0 Å². The molecule has 0 radical (unpaired) electrons. The monoisotopic (exact) mass is 366 g/mol. The lowest BCUT2D eigenvalue weighted by Crippen LogP contribution is -2.46. The molecule has 1 aliphatic carbocycles. The maximum absolute atomic E-state index is 13.1. The van der Waals surface area contributed by atoms with Gasteiger partial charge in [-0.3, -0.25) is 4.79 Å². The van der Waals surface area contributed by atoms with Crippen molar-refractivity contribution in [1.82, 2.24) is 4.90 Å². The van der Waals surface area contributed by atoms with Crippen LogP contribution in [0.5, 0.6) is 0 Å². The minimum Gasteiger partial charge on any atom is -0.466 e. The first-order valence-corrected chi connectivity index (χ1v) is 9.52. The van der Waals surface area contributed by atoms with Crippen LogP contribution >= 0.6 is 0 Å². The SMILES string of the molecule is CCOC(=O)[C@@H]1CCC[C@@H]1N(Cc1ccccc1)C(=O)Nc1ccccc1. The summed E-state index contributed by atoms with van der Waals surface area (Å²) in [6.45, 7) is 2.63. The molecule has 1 saturated carbocycles. The number of carbonyl (C=O) groups excluding carboxylic acids is 2. The van der Waals surface area contributed by atoms with Crippen molar-refractivity contribution >= 4 is 17.7 Å². The first-order valence-electron chi connectivity index (χ1n) is 9.52. The molecular formula is C22H26N2O3. The Hall–Kier alpha value is -2.82. The second-order valence-electron chi connectivity index (χ2n) is 6.77. The third-order valence-electron chi connectivity index (χ3n) is 4.95. The Kier molecular flexibility index (Phi) is 6.47. The van der Waals surface area contributed by atoms with Crippen LogP contribution in [0.3, 0.4) is 0 Å². The van der Waals surface area contributed by atoms with E-state index in [0.29, 0.717) is 13.2 Å². The second kappa shape index (κ2) is 9.21. The number of para-hydroxylation sites is 1. The molecule has 142 valence electrons. The summed E-state index contributed by atoms with van der Waals surface area (Å²) in [6, 6.07) is 18.9. The Balaban J connectivity index is 1.82. The number of hydrogen-bond acceptors (Lipinski definition) is 3. The Morgan fingerprint density at radius 3 is 2.37 bits per heavy atom. The molecule has 5 nitrogen and oxygen atoms in total. The standard InChI is InChI=1S/C22H26N2O3/c1-2-27-21(25)19-14-9-15-20(19)24(16-17-10-5-3-6-11-17)22(26)23-18-12-7-4-8-13-18/h3-8,10-13,19-20H,2,9,14-16H2,1H3,(H,23,26)/t19-,20+/m1/s1. The predicted molar refractivity (Wildman–Crippen MR) is 105 cm³/mol. The normalized spacial score (nSPS) is 18.7. The van der Waals surface area contributed by atoms with Crippen LogP contribution in [0.25, 0.3) is 0 Å². The Labute approximate surface area is 160 Å². The third kappa shape index (κ3) is 4.88. The first-order chi connectivity index (χ1) is 13.2. The minimum absolute atomic E-state index is 0.159. The highest BCUT2D eigenvalue weighted by atomic mass is 16.5. The zero-order valence-corrected chi connectivity index (χ0v) is 15.6. The number of carbonyl (C=O) groups is 2. The van der Waals surface area contributed by atoms with Gasteiger partial charge in [0.2, 0.25) is 0 Å². The van der Waals surface area contributed by atoms with Gasteiger partial charge < -0.3 is 15.0 Å². The van der Waals surface area contributed by atoms with E-state index in [-0.39, 0.29) is 24.0 Å². The van der Waals surface area contributed by atoms with E-state index in [9.17, 15) is 9.59 Å². The van der Waals surface area contributed by atoms with E-state index in [1.54, 1.807) is 4.90 Å². The molecule has 0 bridgehead atoms. The summed E-state index contributed by atoms with van der Waals surface area (Å²) in [4.78, 5) is 27.3. The number of urea groups is 1. The molecule has 1 N–H and O–H groups in total. The summed E-state index contributed by atoms with van der Waals surface area (Å²) in [5, 5.41) is 2.97. The summed E-state index contributed by atoms with van der Waals surface area (Å²) in [5.74, 6) is -0.472. The summed E-state index contributed by atoms with van der Waals surface area (Å²) in [7, 11) is 0. The fourth-order valence-electron chi connectivity index (χ4n) is 3.67. The van der Waals surface area contributed by atoms with Crippen LogP contribution in [0.1, 0.15) is 31.7 Å². The number of benzene rings is 2. The van der Waals surface area contributed by atoms with Crippen LogP contribution < -0.4 is 5.32 Å². The molecule has 5 heteroatoms. The highest BCUT2D eigenvalue weighted by molar-refractivity contribution is 5.90. The summed E-state index contributed by atoms with van der Waals surface area (Å²) >= 11 is 0. The number of nitrogens with zero attached hydrogens (tertiary/aromatic N) is 1. The average molecular weight is 366 g/mol. The van der Waals surface area contributed by atoms with Crippen molar-refractivity contribution < 1.29 is 14.3 Å². The largest absolute Gasteiger partial charge is 0.466 e. The minimum atomic E-state index is -0.268. The molecule has 2 aromatic carbocycles.